The molecule has 2 N–H and O–H groups in total. The number of hydrogen-bond donors (Lipinski definition) is 2. The van der Waals surface area contributed by atoms with Crippen molar-refractivity contribution >= 4 is 10.9 Å². The van der Waals surface area contributed by atoms with Crippen molar-refractivity contribution in [2.24, 2.45) is 5.92 Å². The van der Waals surface area contributed by atoms with Crippen LogP contribution in [-0.4, -0.2) is 18.3 Å². The first-order chi connectivity index (χ1) is 7.77. The standard InChI is InChI=1S/C13H18N2O/c1-10(2)8-14-9-16-13-5-3-4-12-11(13)6-7-15-12/h3-7,10,14-15H,8-9H2,1-2H3. The molecule has 0 aliphatic rings. The van der Waals surface area contributed by atoms with Gasteiger partial charge in [0.05, 0.1) is 0 Å². The highest BCUT2D eigenvalue weighted by Gasteiger charge is 2.01. The molecule has 0 atom stereocenters. The Morgan fingerprint density at radius 3 is 3.00 bits per heavy atom. The fourth-order valence-corrected chi connectivity index (χ4v) is 1.66. The molecule has 86 valence electrons. The fourth-order valence-electron chi connectivity index (χ4n) is 1.66. The lowest BCUT2D eigenvalue weighted by Crippen LogP contribution is -2.24. The van der Waals surface area contributed by atoms with Gasteiger partial charge < -0.3 is 9.72 Å². The van der Waals surface area contributed by atoms with Crippen LogP contribution in [0, 0.1) is 5.92 Å². The van der Waals surface area contributed by atoms with E-state index in [9.17, 15) is 0 Å². The zero-order chi connectivity index (χ0) is 11.4. The quantitative estimate of drug-likeness (QED) is 0.598. The fraction of sp³-hybridized carbons (Fsp3) is 0.385. The zero-order valence-corrected chi connectivity index (χ0v) is 9.79. The van der Waals surface area contributed by atoms with E-state index >= 15 is 0 Å². The number of aromatic nitrogens is 1. The summed E-state index contributed by atoms with van der Waals surface area (Å²) in [5.41, 5.74) is 1.11. The monoisotopic (exact) mass is 218 g/mol. The number of fused-ring (bicyclic) bond motifs is 1. The SMILES string of the molecule is CC(C)CNCOc1cccc2[nH]ccc12. The maximum absolute atomic E-state index is 5.70. The summed E-state index contributed by atoms with van der Waals surface area (Å²) in [6, 6.07) is 8.07. The zero-order valence-electron chi connectivity index (χ0n) is 9.79. The number of hydrogen-bond acceptors (Lipinski definition) is 2. The highest BCUT2D eigenvalue weighted by Crippen LogP contribution is 2.23. The van der Waals surface area contributed by atoms with Crippen molar-refractivity contribution in [1.29, 1.82) is 0 Å². The Balaban J connectivity index is 1.96. The van der Waals surface area contributed by atoms with Crippen LogP contribution in [0.2, 0.25) is 0 Å². The molecular weight excluding hydrogens is 200 g/mol. The van der Waals surface area contributed by atoms with Crippen LogP contribution in [0.3, 0.4) is 0 Å². The van der Waals surface area contributed by atoms with Gasteiger partial charge in [-0.05, 0) is 24.1 Å². The van der Waals surface area contributed by atoms with E-state index in [4.69, 9.17) is 4.74 Å². The van der Waals surface area contributed by atoms with Crippen LogP contribution >= 0.6 is 0 Å². The van der Waals surface area contributed by atoms with Gasteiger partial charge >= 0.3 is 0 Å². The Labute approximate surface area is 95.8 Å². The number of aromatic amines is 1. The van der Waals surface area contributed by atoms with Crippen LogP contribution in [0.1, 0.15) is 13.8 Å². The van der Waals surface area contributed by atoms with Gasteiger partial charge in [0.25, 0.3) is 0 Å². The third kappa shape index (κ3) is 2.55. The van der Waals surface area contributed by atoms with Gasteiger partial charge in [-0.25, -0.2) is 0 Å². The molecule has 16 heavy (non-hydrogen) atoms. The van der Waals surface area contributed by atoms with Crippen LogP contribution in [0.15, 0.2) is 30.5 Å². The molecule has 0 unspecified atom stereocenters. The van der Waals surface area contributed by atoms with E-state index in [1.165, 1.54) is 0 Å². The summed E-state index contributed by atoms with van der Waals surface area (Å²) in [5, 5.41) is 4.39. The Morgan fingerprint density at radius 1 is 1.31 bits per heavy atom. The second kappa shape index (κ2) is 5.03. The van der Waals surface area contributed by atoms with Gasteiger partial charge in [0.1, 0.15) is 12.5 Å². The third-order valence-corrected chi connectivity index (χ3v) is 2.44. The molecule has 0 bridgehead atoms. The molecule has 0 fully saturated rings. The Hall–Kier alpha value is -1.48. The Morgan fingerprint density at radius 2 is 2.19 bits per heavy atom. The van der Waals surface area contributed by atoms with Gasteiger partial charge in [-0.15, -0.1) is 0 Å². The molecule has 1 aromatic heterocycles. The lowest BCUT2D eigenvalue weighted by atomic mass is 10.2. The topological polar surface area (TPSA) is 37.0 Å². The van der Waals surface area contributed by atoms with Crippen molar-refractivity contribution in [2.75, 3.05) is 13.3 Å². The molecule has 0 aliphatic heterocycles. The molecule has 2 rings (SSSR count). The average Bonchev–Trinajstić information content (AvgIpc) is 2.72. The van der Waals surface area contributed by atoms with Crippen LogP contribution in [-0.2, 0) is 0 Å². The van der Waals surface area contributed by atoms with Crippen molar-refractivity contribution in [3.05, 3.63) is 30.5 Å². The van der Waals surface area contributed by atoms with Crippen LogP contribution < -0.4 is 10.1 Å². The predicted octanol–water partition coefficient (Wildman–Crippen LogP) is 2.75. The lowest BCUT2D eigenvalue weighted by molar-refractivity contribution is 0.279. The molecule has 3 nitrogen and oxygen atoms in total. The van der Waals surface area contributed by atoms with Crippen molar-refractivity contribution in [2.45, 2.75) is 13.8 Å². The largest absolute Gasteiger partial charge is 0.478 e. The first-order valence-electron chi connectivity index (χ1n) is 5.67. The number of nitrogens with one attached hydrogen (secondary N) is 2. The van der Waals surface area contributed by atoms with E-state index in [0.717, 1.165) is 23.2 Å². The van der Waals surface area contributed by atoms with Crippen LogP contribution in [0.5, 0.6) is 5.75 Å². The van der Waals surface area contributed by atoms with Gasteiger partial charge in [0.2, 0.25) is 0 Å². The van der Waals surface area contributed by atoms with E-state index in [0.29, 0.717) is 12.6 Å². The van der Waals surface area contributed by atoms with Gasteiger partial charge in [-0.2, -0.15) is 0 Å². The van der Waals surface area contributed by atoms with Crippen molar-refractivity contribution in [3.63, 3.8) is 0 Å². The summed E-state index contributed by atoms with van der Waals surface area (Å²) in [6.45, 7) is 5.89. The molecule has 0 spiro atoms. The molecule has 3 heteroatoms. The van der Waals surface area contributed by atoms with Gasteiger partial charge in [-0.1, -0.05) is 19.9 Å². The molecule has 2 aromatic rings. The smallest absolute Gasteiger partial charge is 0.139 e. The molecule has 0 amide bonds. The van der Waals surface area contributed by atoms with Gasteiger partial charge in [-0.3, -0.25) is 5.32 Å². The van der Waals surface area contributed by atoms with E-state index in [1.807, 2.05) is 30.5 Å². The first kappa shape index (κ1) is 11.0. The number of H-pyrrole nitrogens is 1. The second-order valence-electron chi connectivity index (χ2n) is 4.33. The van der Waals surface area contributed by atoms with E-state index < -0.39 is 0 Å². The maximum atomic E-state index is 5.70. The molecule has 1 heterocycles. The molecule has 0 saturated heterocycles. The Bertz CT molecular complexity index is 448. The Kier molecular flexibility index (Phi) is 3.47. The minimum atomic E-state index is 0.558. The highest BCUT2D eigenvalue weighted by atomic mass is 16.5. The molecule has 0 saturated carbocycles. The summed E-state index contributed by atoms with van der Waals surface area (Å²) in [6.07, 6.45) is 1.93. The minimum Gasteiger partial charge on any atom is -0.478 e. The predicted molar refractivity (Wildman–Crippen MR) is 66.6 cm³/mol. The highest BCUT2D eigenvalue weighted by molar-refractivity contribution is 5.85. The van der Waals surface area contributed by atoms with Crippen LogP contribution in [0.25, 0.3) is 10.9 Å². The van der Waals surface area contributed by atoms with E-state index in [2.05, 4.69) is 24.1 Å². The first-order valence-corrected chi connectivity index (χ1v) is 5.67. The maximum Gasteiger partial charge on any atom is 0.139 e. The van der Waals surface area contributed by atoms with Crippen molar-refractivity contribution in [3.8, 4) is 5.75 Å². The second-order valence-corrected chi connectivity index (χ2v) is 4.33. The third-order valence-electron chi connectivity index (χ3n) is 2.44. The number of rotatable bonds is 5. The van der Waals surface area contributed by atoms with Crippen molar-refractivity contribution < 1.29 is 4.74 Å². The summed E-state index contributed by atoms with van der Waals surface area (Å²) < 4.78 is 5.70. The van der Waals surface area contributed by atoms with Crippen molar-refractivity contribution in [1.82, 2.24) is 10.3 Å². The molecule has 1 aromatic carbocycles. The molecule has 0 aliphatic carbocycles. The minimum absolute atomic E-state index is 0.558. The lowest BCUT2D eigenvalue weighted by Gasteiger charge is -2.10. The summed E-state index contributed by atoms with van der Waals surface area (Å²) in [5.74, 6) is 1.57. The molecule has 0 radical (unpaired) electrons. The van der Waals surface area contributed by atoms with Gasteiger partial charge in [0.15, 0.2) is 0 Å². The summed E-state index contributed by atoms with van der Waals surface area (Å²) in [7, 11) is 0. The van der Waals surface area contributed by atoms with Crippen LogP contribution in [0.4, 0.5) is 0 Å². The number of benzene rings is 1. The van der Waals surface area contributed by atoms with E-state index in [1.54, 1.807) is 0 Å². The average molecular weight is 218 g/mol. The molecular formula is C13H18N2O. The summed E-state index contributed by atoms with van der Waals surface area (Å²) in [4.78, 5) is 3.17. The van der Waals surface area contributed by atoms with E-state index in [-0.39, 0.29) is 0 Å². The van der Waals surface area contributed by atoms with Gasteiger partial charge in [0, 0.05) is 23.6 Å². The summed E-state index contributed by atoms with van der Waals surface area (Å²) >= 11 is 0. The normalized spacial score (nSPS) is 11.2. The number of ether oxygens (including phenoxy) is 1.